The Morgan fingerprint density at radius 2 is 1.83 bits per heavy atom. The summed E-state index contributed by atoms with van der Waals surface area (Å²) < 4.78 is 11.2. The van der Waals surface area contributed by atoms with Crippen LogP contribution in [0.2, 0.25) is 0 Å². The van der Waals surface area contributed by atoms with Crippen LogP contribution in [0.25, 0.3) is 11.4 Å². The topological polar surface area (TPSA) is 71.7 Å². The van der Waals surface area contributed by atoms with E-state index in [4.69, 9.17) is 9.26 Å². The largest absolute Gasteiger partial charge is 0.493 e. The molecule has 7 nitrogen and oxygen atoms in total. The first kappa shape index (κ1) is 20.8. The second-order valence-corrected chi connectivity index (χ2v) is 8.23. The second-order valence-electron chi connectivity index (χ2n) is 8.23. The van der Waals surface area contributed by atoms with Gasteiger partial charge in [-0.1, -0.05) is 30.1 Å². The summed E-state index contributed by atoms with van der Waals surface area (Å²) >= 11 is 0. The van der Waals surface area contributed by atoms with Crippen LogP contribution in [0.4, 0.5) is 0 Å². The maximum Gasteiger partial charge on any atom is 0.241 e. The summed E-state index contributed by atoms with van der Waals surface area (Å²) in [6, 6.07) is 7.74. The number of carbonyl (C=O) groups is 1. The summed E-state index contributed by atoms with van der Waals surface area (Å²) in [6.45, 7) is 6.82. The molecule has 2 aliphatic heterocycles. The normalized spacial score (nSPS) is 18.9. The first-order chi connectivity index (χ1) is 14.7. The molecule has 3 heterocycles. The van der Waals surface area contributed by atoms with Gasteiger partial charge in [-0.2, -0.15) is 4.98 Å². The maximum atomic E-state index is 12.9. The molecule has 0 spiro atoms. The Bertz CT molecular complexity index is 821. The van der Waals surface area contributed by atoms with Gasteiger partial charge in [0.1, 0.15) is 5.75 Å². The monoisotopic (exact) mass is 412 g/mol. The standard InChI is InChI=1S/C23H32N4O3/c1-2-29-20-10-6-5-9-19(20)22-24-21(30-25-22)17-26-15-11-18(12-16-26)23(28)27-13-7-3-4-8-14-27/h5-6,9-10,18H,2-4,7-8,11-17H2,1H3. The van der Waals surface area contributed by atoms with Gasteiger partial charge < -0.3 is 14.2 Å². The van der Waals surface area contributed by atoms with Crippen LogP contribution in [0.3, 0.4) is 0 Å². The number of nitrogens with zero attached hydrogens (tertiary/aromatic N) is 4. The van der Waals surface area contributed by atoms with Gasteiger partial charge in [0.25, 0.3) is 0 Å². The van der Waals surface area contributed by atoms with Crippen LogP contribution in [-0.4, -0.2) is 58.6 Å². The molecule has 2 aromatic rings. The number of hydrogen-bond donors (Lipinski definition) is 0. The van der Waals surface area contributed by atoms with Gasteiger partial charge in [-0.15, -0.1) is 0 Å². The lowest BCUT2D eigenvalue weighted by molar-refractivity contribution is -0.137. The lowest BCUT2D eigenvalue weighted by Gasteiger charge is -2.33. The second kappa shape index (κ2) is 10.1. The van der Waals surface area contributed by atoms with Gasteiger partial charge in [-0.25, -0.2) is 0 Å². The van der Waals surface area contributed by atoms with Crippen molar-refractivity contribution in [3.8, 4) is 17.1 Å². The zero-order valence-electron chi connectivity index (χ0n) is 17.9. The van der Waals surface area contributed by atoms with Crippen molar-refractivity contribution in [1.29, 1.82) is 0 Å². The quantitative estimate of drug-likeness (QED) is 0.720. The van der Waals surface area contributed by atoms with E-state index < -0.39 is 0 Å². The zero-order chi connectivity index (χ0) is 20.8. The minimum Gasteiger partial charge on any atom is -0.493 e. The molecule has 0 aliphatic carbocycles. The van der Waals surface area contributed by atoms with Gasteiger partial charge in [0.15, 0.2) is 0 Å². The molecule has 2 saturated heterocycles. The highest BCUT2D eigenvalue weighted by Crippen LogP contribution is 2.28. The van der Waals surface area contributed by atoms with Crippen LogP contribution >= 0.6 is 0 Å². The smallest absolute Gasteiger partial charge is 0.241 e. The van der Waals surface area contributed by atoms with E-state index in [1.165, 1.54) is 12.8 Å². The molecular weight excluding hydrogens is 380 g/mol. The number of carbonyl (C=O) groups excluding carboxylic acids is 1. The Labute approximate surface area is 178 Å². The Hall–Kier alpha value is -2.41. The average Bonchev–Trinajstić information content (AvgIpc) is 3.06. The van der Waals surface area contributed by atoms with Crippen molar-refractivity contribution in [2.75, 3.05) is 32.8 Å². The van der Waals surface area contributed by atoms with E-state index in [9.17, 15) is 4.79 Å². The van der Waals surface area contributed by atoms with Crippen LogP contribution in [-0.2, 0) is 11.3 Å². The number of piperidine rings is 1. The number of aromatic nitrogens is 2. The van der Waals surface area contributed by atoms with Gasteiger partial charge in [0.2, 0.25) is 17.6 Å². The van der Waals surface area contributed by atoms with Crippen LogP contribution in [0.5, 0.6) is 5.75 Å². The highest BCUT2D eigenvalue weighted by Gasteiger charge is 2.29. The molecule has 0 bridgehead atoms. The van der Waals surface area contributed by atoms with Crippen molar-refractivity contribution in [2.45, 2.75) is 52.0 Å². The highest BCUT2D eigenvalue weighted by molar-refractivity contribution is 5.79. The van der Waals surface area contributed by atoms with Crippen LogP contribution in [0, 0.1) is 5.92 Å². The van der Waals surface area contributed by atoms with E-state index in [-0.39, 0.29) is 5.92 Å². The molecule has 1 amide bonds. The van der Waals surface area contributed by atoms with Gasteiger partial charge in [-0.3, -0.25) is 9.69 Å². The lowest BCUT2D eigenvalue weighted by Crippen LogP contribution is -2.42. The van der Waals surface area contributed by atoms with Gasteiger partial charge in [0, 0.05) is 19.0 Å². The Morgan fingerprint density at radius 3 is 2.57 bits per heavy atom. The van der Waals surface area contributed by atoms with E-state index >= 15 is 0 Å². The van der Waals surface area contributed by atoms with Crippen molar-refractivity contribution in [1.82, 2.24) is 19.9 Å². The van der Waals surface area contributed by atoms with E-state index in [0.717, 1.165) is 63.2 Å². The molecule has 2 fully saturated rings. The molecule has 30 heavy (non-hydrogen) atoms. The number of amides is 1. The number of benzene rings is 1. The van der Waals surface area contributed by atoms with E-state index in [0.29, 0.717) is 30.8 Å². The zero-order valence-corrected chi connectivity index (χ0v) is 17.9. The molecule has 0 N–H and O–H groups in total. The fraction of sp³-hybridized carbons (Fsp3) is 0.609. The predicted octanol–water partition coefficient (Wildman–Crippen LogP) is 3.75. The number of hydrogen-bond acceptors (Lipinski definition) is 6. The average molecular weight is 413 g/mol. The van der Waals surface area contributed by atoms with E-state index in [2.05, 4.69) is 19.9 Å². The summed E-state index contributed by atoms with van der Waals surface area (Å²) in [5.41, 5.74) is 0.844. The van der Waals surface area contributed by atoms with Crippen molar-refractivity contribution < 1.29 is 14.1 Å². The van der Waals surface area contributed by atoms with Crippen molar-refractivity contribution in [3.05, 3.63) is 30.2 Å². The third-order valence-corrected chi connectivity index (χ3v) is 6.11. The molecular formula is C23H32N4O3. The van der Waals surface area contributed by atoms with Gasteiger partial charge in [-0.05, 0) is 57.8 Å². The molecule has 0 unspecified atom stereocenters. The first-order valence-electron chi connectivity index (χ1n) is 11.3. The molecule has 4 rings (SSSR count). The minimum absolute atomic E-state index is 0.163. The van der Waals surface area contributed by atoms with Crippen molar-refractivity contribution >= 4 is 5.91 Å². The van der Waals surface area contributed by atoms with Crippen molar-refractivity contribution in [2.24, 2.45) is 5.92 Å². The highest BCUT2D eigenvalue weighted by atomic mass is 16.5. The summed E-state index contributed by atoms with van der Waals surface area (Å²) in [7, 11) is 0. The molecule has 162 valence electrons. The Kier molecular flexibility index (Phi) is 7.00. The number of para-hydroxylation sites is 1. The summed E-state index contributed by atoms with van der Waals surface area (Å²) in [4.78, 5) is 21.9. The van der Waals surface area contributed by atoms with Crippen LogP contribution < -0.4 is 4.74 Å². The van der Waals surface area contributed by atoms with Gasteiger partial charge in [0.05, 0.1) is 18.7 Å². The molecule has 0 atom stereocenters. The summed E-state index contributed by atoms with van der Waals surface area (Å²) in [5, 5.41) is 4.15. The van der Waals surface area contributed by atoms with Crippen molar-refractivity contribution in [3.63, 3.8) is 0 Å². The predicted molar refractivity (Wildman–Crippen MR) is 114 cm³/mol. The molecule has 0 radical (unpaired) electrons. The molecule has 0 saturated carbocycles. The van der Waals surface area contributed by atoms with Crippen LogP contribution in [0.15, 0.2) is 28.8 Å². The lowest BCUT2D eigenvalue weighted by atomic mass is 9.95. The van der Waals surface area contributed by atoms with E-state index in [1.54, 1.807) is 0 Å². The fourth-order valence-corrected chi connectivity index (χ4v) is 4.44. The first-order valence-corrected chi connectivity index (χ1v) is 11.3. The molecule has 1 aromatic heterocycles. The fourth-order valence-electron chi connectivity index (χ4n) is 4.44. The molecule has 2 aliphatic rings. The molecule has 1 aromatic carbocycles. The Balaban J connectivity index is 1.31. The maximum absolute atomic E-state index is 12.9. The number of ether oxygens (including phenoxy) is 1. The van der Waals surface area contributed by atoms with Crippen LogP contribution in [0.1, 0.15) is 51.3 Å². The van der Waals surface area contributed by atoms with Gasteiger partial charge >= 0.3 is 0 Å². The minimum atomic E-state index is 0.163. The summed E-state index contributed by atoms with van der Waals surface area (Å²) in [5.74, 6) is 2.45. The Morgan fingerprint density at radius 1 is 1.10 bits per heavy atom. The van der Waals surface area contributed by atoms with E-state index in [1.807, 2.05) is 31.2 Å². The molecule has 7 heteroatoms. The third kappa shape index (κ3) is 5.01. The SMILES string of the molecule is CCOc1ccccc1-c1noc(CN2CCC(C(=O)N3CCCCCC3)CC2)n1. The summed E-state index contributed by atoms with van der Waals surface area (Å²) in [6.07, 6.45) is 6.62. The number of rotatable bonds is 6. The third-order valence-electron chi connectivity index (χ3n) is 6.11. The number of likely N-dealkylation sites (tertiary alicyclic amines) is 2.